The minimum absolute atomic E-state index is 0.0450. The topological polar surface area (TPSA) is 82.5 Å². The molecule has 1 aliphatic rings. The largest absolute Gasteiger partial charge is 0.462 e. The van der Waals surface area contributed by atoms with Crippen molar-refractivity contribution >= 4 is 11.9 Å². The van der Waals surface area contributed by atoms with Crippen molar-refractivity contribution in [3.63, 3.8) is 0 Å². The van der Waals surface area contributed by atoms with Gasteiger partial charge in [0.25, 0.3) is 5.91 Å². The van der Waals surface area contributed by atoms with Crippen LogP contribution in [0.3, 0.4) is 0 Å². The molecule has 7 nitrogen and oxygen atoms in total. The molecule has 2 heterocycles. The molecule has 3 rings (SSSR count). The highest BCUT2D eigenvalue weighted by Crippen LogP contribution is 2.19. The maximum atomic E-state index is 13.3. The third-order valence-electron chi connectivity index (χ3n) is 5.05. The fourth-order valence-electron chi connectivity index (χ4n) is 3.49. The molecule has 0 aliphatic carbocycles. The Bertz CT molecular complexity index is 930. The molecule has 1 amide bonds. The number of ether oxygens (including phenoxy) is 2. The monoisotopic (exact) mass is 435 g/mol. The molecule has 1 N–H and O–H groups in total. The quantitative estimate of drug-likeness (QED) is 0.557. The van der Waals surface area contributed by atoms with Gasteiger partial charge < -0.3 is 14.8 Å². The van der Waals surface area contributed by atoms with Gasteiger partial charge in [0.05, 0.1) is 29.1 Å². The van der Waals surface area contributed by atoms with E-state index in [1.165, 1.54) is 6.07 Å². The highest BCUT2D eigenvalue weighted by molar-refractivity contribution is 5.96. The van der Waals surface area contributed by atoms with E-state index in [2.05, 4.69) is 10.4 Å². The van der Waals surface area contributed by atoms with Gasteiger partial charge in [-0.15, -0.1) is 0 Å². The second kappa shape index (κ2) is 11.0. The van der Waals surface area contributed by atoms with Gasteiger partial charge in [-0.3, -0.25) is 9.48 Å². The van der Waals surface area contributed by atoms with Crippen LogP contribution in [-0.2, 0) is 28.9 Å². The van der Waals surface area contributed by atoms with Crippen LogP contribution in [0, 0.1) is 11.6 Å². The highest BCUT2D eigenvalue weighted by atomic mass is 19.2. The van der Waals surface area contributed by atoms with E-state index in [9.17, 15) is 18.4 Å². The van der Waals surface area contributed by atoms with E-state index in [0.717, 1.165) is 36.4 Å². The average Bonchev–Trinajstić information content (AvgIpc) is 3.10. The van der Waals surface area contributed by atoms with E-state index in [4.69, 9.17) is 9.47 Å². The summed E-state index contributed by atoms with van der Waals surface area (Å²) in [4.78, 5) is 24.8. The van der Waals surface area contributed by atoms with Crippen LogP contribution in [0.5, 0.6) is 0 Å². The number of halogens is 2. The normalized spacial score (nSPS) is 15.0. The predicted molar refractivity (Wildman–Crippen MR) is 109 cm³/mol. The second-order valence-electron chi connectivity index (χ2n) is 7.29. The van der Waals surface area contributed by atoms with Crippen LogP contribution in [0.25, 0.3) is 0 Å². The van der Waals surface area contributed by atoms with Gasteiger partial charge in [-0.25, -0.2) is 13.6 Å². The van der Waals surface area contributed by atoms with Crippen molar-refractivity contribution < 1.29 is 27.8 Å². The summed E-state index contributed by atoms with van der Waals surface area (Å²) in [6, 6.07) is 2.89. The summed E-state index contributed by atoms with van der Waals surface area (Å²) in [6.45, 7) is 4.29. The lowest BCUT2D eigenvalue weighted by molar-refractivity contribution is 0.0493. The van der Waals surface area contributed by atoms with Crippen molar-refractivity contribution in [1.29, 1.82) is 0 Å². The number of hydrogen-bond acceptors (Lipinski definition) is 5. The van der Waals surface area contributed by atoms with Crippen LogP contribution in [-0.4, -0.2) is 48.0 Å². The molecule has 0 saturated carbocycles. The van der Waals surface area contributed by atoms with E-state index in [-0.39, 0.29) is 18.1 Å². The minimum Gasteiger partial charge on any atom is -0.462 e. The van der Waals surface area contributed by atoms with Gasteiger partial charge in [0.15, 0.2) is 11.6 Å². The molecule has 0 unspecified atom stereocenters. The van der Waals surface area contributed by atoms with E-state index in [1.807, 2.05) is 6.92 Å². The lowest BCUT2D eigenvalue weighted by Crippen LogP contribution is -2.26. The Morgan fingerprint density at radius 3 is 2.84 bits per heavy atom. The van der Waals surface area contributed by atoms with Crippen molar-refractivity contribution in [3.8, 4) is 0 Å². The molecule has 1 aliphatic heterocycles. The third kappa shape index (κ3) is 5.88. The molecule has 31 heavy (non-hydrogen) atoms. The molecule has 0 saturated heterocycles. The number of fused-ring (bicyclic) bond motifs is 1. The summed E-state index contributed by atoms with van der Waals surface area (Å²) < 4.78 is 38.8. The van der Waals surface area contributed by atoms with Crippen molar-refractivity contribution in [2.24, 2.45) is 0 Å². The Morgan fingerprint density at radius 1 is 1.26 bits per heavy atom. The zero-order valence-corrected chi connectivity index (χ0v) is 17.6. The summed E-state index contributed by atoms with van der Waals surface area (Å²) in [7, 11) is 0. The van der Waals surface area contributed by atoms with Gasteiger partial charge in [-0.1, -0.05) is 6.92 Å². The van der Waals surface area contributed by atoms with Crippen molar-refractivity contribution in [2.45, 2.75) is 45.6 Å². The molecule has 9 heteroatoms. The van der Waals surface area contributed by atoms with Gasteiger partial charge in [0.1, 0.15) is 0 Å². The number of carbonyl (C=O) groups is 2. The summed E-state index contributed by atoms with van der Waals surface area (Å²) in [5, 5.41) is 7.54. The van der Waals surface area contributed by atoms with Crippen LogP contribution >= 0.6 is 0 Å². The highest BCUT2D eigenvalue weighted by Gasteiger charge is 2.23. The molecule has 1 aromatic carbocycles. The molecule has 0 bridgehead atoms. The number of esters is 1. The number of aromatic nitrogens is 2. The van der Waals surface area contributed by atoms with Crippen molar-refractivity contribution in [1.82, 2.24) is 15.1 Å². The smallest absolute Gasteiger partial charge is 0.338 e. The first-order chi connectivity index (χ1) is 15.0. The van der Waals surface area contributed by atoms with Crippen LogP contribution < -0.4 is 5.32 Å². The second-order valence-corrected chi connectivity index (χ2v) is 7.29. The van der Waals surface area contributed by atoms with Gasteiger partial charge in [0, 0.05) is 32.7 Å². The van der Waals surface area contributed by atoms with E-state index >= 15 is 0 Å². The Kier molecular flexibility index (Phi) is 8.11. The molecule has 0 radical (unpaired) electrons. The minimum atomic E-state index is -1.10. The van der Waals surface area contributed by atoms with Gasteiger partial charge in [0.2, 0.25) is 0 Å². The Balaban J connectivity index is 1.65. The molecular weight excluding hydrogens is 408 g/mol. The third-order valence-corrected chi connectivity index (χ3v) is 5.05. The zero-order chi connectivity index (χ0) is 22.2. The predicted octanol–water partition coefficient (Wildman–Crippen LogP) is 3.05. The number of amides is 1. The number of hydrogen-bond donors (Lipinski definition) is 1. The SMILES string of the molecule is CCc1nn(CCCOC(=O)c2ccc(F)c(F)c2)c2c1C(=O)NCCCOCCC2. The van der Waals surface area contributed by atoms with Crippen LogP contribution in [0.1, 0.15) is 58.3 Å². The molecule has 0 spiro atoms. The number of benzene rings is 1. The summed E-state index contributed by atoms with van der Waals surface area (Å²) in [5.74, 6) is -2.95. The van der Waals surface area contributed by atoms with Gasteiger partial charge >= 0.3 is 5.97 Å². The van der Waals surface area contributed by atoms with E-state index in [1.54, 1.807) is 4.68 Å². The number of carbonyl (C=O) groups excluding carboxylic acids is 2. The van der Waals surface area contributed by atoms with Crippen LogP contribution in [0.2, 0.25) is 0 Å². The van der Waals surface area contributed by atoms with E-state index in [0.29, 0.717) is 51.1 Å². The average molecular weight is 435 g/mol. The maximum Gasteiger partial charge on any atom is 0.338 e. The lowest BCUT2D eigenvalue weighted by atomic mass is 10.1. The molecule has 2 aromatic rings. The molecule has 168 valence electrons. The number of nitrogens with zero attached hydrogens (tertiary/aromatic N) is 2. The lowest BCUT2D eigenvalue weighted by Gasteiger charge is -2.10. The standard InChI is InChI=1S/C22H27F2N3O4/c1-2-18-20-19(6-3-11-30-12-4-9-25-21(20)28)27(26-18)10-5-13-31-22(29)15-7-8-16(23)17(24)14-15/h7-8,14H,2-6,9-13H2,1H3,(H,25,28). The van der Waals surface area contributed by atoms with E-state index < -0.39 is 17.6 Å². The molecule has 1 aromatic heterocycles. The maximum absolute atomic E-state index is 13.3. The zero-order valence-electron chi connectivity index (χ0n) is 17.6. The summed E-state index contributed by atoms with van der Waals surface area (Å²) in [5.41, 5.74) is 2.18. The number of rotatable bonds is 6. The van der Waals surface area contributed by atoms with Crippen molar-refractivity contribution in [2.75, 3.05) is 26.4 Å². The molecule has 0 fully saturated rings. The van der Waals surface area contributed by atoms with Crippen LogP contribution in [0.4, 0.5) is 8.78 Å². The fraction of sp³-hybridized carbons (Fsp3) is 0.500. The Morgan fingerprint density at radius 2 is 2.06 bits per heavy atom. The van der Waals surface area contributed by atoms with Gasteiger partial charge in [-0.05, 0) is 43.9 Å². The fourth-order valence-corrected chi connectivity index (χ4v) is 3.49. The Hall–Kier alpha value is -2.81. The number of aryl methyl sites for hydroxylation is 2. The Labute approximate surface area is 179 Å². The van der Waals surface area contributed by atoms with Crippen molar-refractivity contribution in [3.05, 3.63) is 52.3 Å². The first kappa shape index (κ1) is 22.9. The summed E-state index contributed by atoms with van der Waals surface area (Å²) >= 11 is 0. The number of nitrogens with one attached hydrogen (secondary N) is 1. The molecular formula is C22H27F2N3O4. The first-order valence-corrected chi connectivity index (χ1v) is 10.6. The van der Waals surface area contributed by atoms with Crippen LogP contribution in [0.15, 0.2) is 18.2 Å². The first-order valence-electron chi connectivity index (χ1n) is 10.6. The summed E-state index contributed by atoms with van der Waals surface area (Å²) in [6.07, 6.45) is 3.29. The van der Waals surface area contributed by atoms with Gasteiger partial charge in [-0.2, -0.15) is 5.10 Å². The molecule has 0 atom stereocenters.